The molecule has 0 spiro atoms. The van der Waals surface area contributed by atoms with E-state index in [1.165, 1.54) is 0 Å². The van der Waals surface area contributed by atoms with Gasteiger partial charge in [0.25, 0.3) is 0 Å². The Morgan fingerprint density at radius 1 is 0.944 bits per heavy atom. The van der Waals surface area contributed by atoms with E-state index in [2.05, 4.69) is 13.8 Å². The molecule has 3 aliphatic rings. The number of benzene rings is 2. The van der Waals surface area contributed by atoms with Gasteiger partial charge in [0.1, 0.15) is 5.76 Å². The highest BCUT2D eigenvalue weighted by Gasteiger charge is 2.45. The molecule has 0 amide bonds. The van der Waals surface area contributed by atoms with E-state index in [4.69, 9.17) is 27.1 Å². The molecule has 2 aromatic carbocycles. The SMILES string of the molecule is CC1(C)CC(=O)C2=C(C1)Oc1nc3c(c(N)c1C2c1ccc(Cl)cc1)C(=O)CC(c1ccccc1)C3. The molecule has 0 saturated heterocycles. The number of nitrogens with two attached hydrogens (primary N) is 1. The van der Waals surface area contributed by atoms with Crippen molar-refractivity contribution >= 4 is 28.9 Å². The molecule has 6 rings (SSSR count). The van der Waals surface area contributed by atoms with Crippen LogP contribution in [-0.2, 0) is 11.2 Å². The average Bonchev–Trinajstić information content (AvgIpc) is 2.83. The zero-order valence-electron chi connectivity index (χ0n) is 20.3. The molecule has 5 nitrogen and oxygen atoms in total. The van der Waals surface area contributed by atoms with E-state index in [0.717, 1.165) is 11.1 Å². The van der Waals surface area contributed by atoms with Crippen LogP contribution in [0.2, 0.25) is 5.02 Å². The second kappa shape index (κ2) is 8.31. The summed E-state index contributed by atoms with van der Waals surface area (Å²) in [5.41, 5.74) is 11.3. The van der Waals surface area contributed by atoms with Crippen molar-refractivity contribution in [2.45, 2.75) is 51.4 Å². The number of aromatic nitrogens is 1. The number of pyridine rings is 1. The van der Waals surface area contributed by atoms with Gasteiger partial charge in [-0.3, -0.25) is 9.59 Å². The first-order valence-electron chi connectivity index (χ1n) is 12.3. The molecule has 0 saturated carbocycles. The second-order valence-corrected chi connectivity index (χ2v) is 11.3. The van der Waals surface area contributed by atoms with Gasteiger partial charge >= 0.3 is 0 Å². The van der Waals surface area contributed by atoms with E-state index >= 15 is 0 Å². The Morgan fingerprint density at radius 2 is 1.67 bits per heavy atom. The predicted octanol–water partition coefficient (Wildman–Crippen LogP) is 6.40. The van der Waals surface area contributed by atoms with Gasteiger partial charge in [0, 0.05) is 35.8 Å². The first-order valence-corrected chi connectivity index (χ1v) is 12.7. The quantitative estimate of drug-likeness (QED) is 0.442. The van der Waals surface area contributed by atoms with Gasteiger partial charge in [0.05, 0.1) is 22.5 Å². The van der Waals surface area contributed by atoms with E-state index in [9.17, 15) is 9.59 Å². The molecule has 36 heavy (non-hydrogen) atoms. The maximum Gasteiger partial charge on any atom is 0.225 e. The van der Waals surface area contributed by atoms with Gasteiger partial charge in [-0.25, -0.2) is 4.98 Å². The Kier molecular flexibility index (Phi) is 5.31. The fourth-order valence-electron chi connectivity index (χ4n) is 5.99. The number of halogens is 1. The number of nitrogen functional groups attached to an aromatic ring is 1. The Labute approximate surface area is 215 Å². The minimum atomic E-state index is -0.456. The van der Waals surface area contributed by atoms with Crippen LogP contribution in [0.5, 0.6) is 5.88 Å². The minimum Gasteiger partial charge on any atom is -0.443 e. The van der Waals surface area contributed by atoms with Crippen LogP contribution in [-0.4, -0.2) is 16.6 Å². The maximum absolute atomic E-state index is 13.5. The van der Waals surface area contributed by atoms with E-state index < -0.39 is 5.92 Å². The lowest BCUT2D eigenvalue weighted by Gasteiger charge is -2.39. The second-order valence-electron chi connectivity index (χ2n) is 10.9. The summed E-state index contributed by atoms with van der Waals surface area (Å²) >= 11 is 6.18. The number of hydrogen-bond acceptors (Lipinski definition) is 5. The molecular formula is C30H27ClN2O3. The number of rotatable bonds is 2. The Bertz CT molecular complexity index is 1440. The van der Waals surface area contributed by atoms with Crippen LogP contribution < -0.4 is 10.5 Å². The predicted molar refractivity (Wildman–Crippen MR) is 139 cm³/mol. The number of allylic oxidation sites excluding steroid dienone is 2. The summed E-state index contributed by atoms with van der Waals surface area (Å²) in [6.07, 6.45) is 2.02. The molecule has 1 aromatic heterocycles. The van der Waals surface area contributed by atoms with Crippen molar-refractivity contribution in [2.24, 2.45) is 5.41 Å². The lowest BCUT2D eigenvalue weighted by Crippen LogP contribution is -2.34. The molecule has 6 heteroatoms. The van der Waals surface area contributed by atoms with E-state index in [1.54, 1.807) is 12.1 Å². The molecule has 2 heterocycles. The molecule has 3 aromatic rings. The fourth-order valence-corrected chi connectivity index (χ4v) is 6.12. The summed E-state index contributed by atoms with van der Waals surface area (Å²) in [6.45, 7) is 4.14. The average molecular weight is 499 g/mol. The van der Waals surface area contributed by atoms with Crippen LogP contribution in [0, 0.1) is 5.41 Å². The number of ketones is 2. The third-order valence-corrected chi connectivity index (χ3v) is 7.87. The van der Waals surface area contributed by atoms with Crippen LogP contribution in [0.25, 0.3) is 0 Å². The molecule has 0 fully saturated rings. The van der Waals surface area contributed by atoms with E-state index in [0.29, 0.717) is 70.4 Å². The van der Waals surface area contributed by atoms with E-state index in [1.807, 2.05) is 42.5 Å². The molecule has 182 valence electrons. The molecule has 2 aliphatic carbocycles. The van der Waals surface area contributed by atoms with Gasteiger partial charge in [0.2, 0.25) is 5.88 Å². The standard InChI is InChI=1S/C30H27ClN2O3/c1-30(2)14-22(35)26-23(15-30)36-29-27(24(26)17-8-10-19(31)11-9-17)28(32)25-20(33-29)12-18(13-21(25)34)16-6-4-3-5-7-16/h3-11,18,24H,12-15H2,1-2H3,(H2,32,33). The number of hydrogen-bond donors (Lipinski definition) is 1. The summed E-state index contributed by atoms with van der Waals surface area (Å²) in [5.74, 6) is 0.649. The Morgan fingerprint density at radius 3 is 2.39 bits per heavy atom. The minimum absolute atomic E-state index is 0.0244. The highest BCUT2D eigenvalue weighted by molar-refractivity contribution is 6.30. The number of ether oxygens (including phenoxy) is 1. The summed E-state index contributed by atoms with van der Waals surface area (Å²) in [5, 5.41) is 0.606. The maximum atomic E-state index is 13.5. The summed E-state index contributed by atoms with van der Waals surface area (Å²) in [7, 11) is 0. The molecule has 2 unspecified atom stereocenters. The van der Waals surface area contributed by atoms with Gasteiger partial charge in [-0.1, -0.05) is 67.9 Å². The number of carbonyl (C=O) groups excluding carboxylic acids is 2. The van der Waals surface area contributed by atoms with Crippen LogP contribution in [0.1, 0.15) is 77.7 Å². The topological polar surface area (TPSA) is 82.3 Å². The first-order chi connectivity index (χ1) is 17.2. The monoisotopic (exact) mass is 498 g/mol. The van der Waals surface area contributed by atoms with Crippen molar-refractivity contribution in [3.8, 4) is 5.88 Å². The number of carbonyl (C=O) groups is 2. The van der Waals surface area contributed by atoms with Crippen LogP contribution in [0.4, 0.5) is 5.69 Å². The van der Waals surface area contributed by atoms with Crippen molar-refractivity contribution in [1.82, 2.24) is 4.98 Å². The van der Waals surface area contributed by atoms with Crippen molar-refractivity contribution in [2.75, 3.05) is 5.73 Å². The smallest absolute Gasteiger partial charge is 0.225 e. The highest BCUT2D eigenvalue weighted by Crippen LogP contribution is 2.52. The first kappa shape index (κ1) is 23.0. The summed E-state index contributed by atoms with van der Waals surface area (Å²) in [4.78, 5) is 31.8. The van der Waals surface area contributed by atoms with E-state index in [-0.39, 0.29) is 22.9 Å². The number of Topliss-reactive ketones (excluding diaryl/α,β-unsaturated/α-hetero) is 2. The van der Waals surface area contributed by atoms with Crippen LogP contribution in [0.3, 0.4) is 0 Å². The normalized spacial score (nSPS) is 22.4. The number of nitrogens with zero attached hydrogens (tertiary/aromatic N) is 1. The lowest BCUT2D eigenvalue weighted by molar-refractivity contribution is -0.118. The fraction of sp³-hybridized carbons (Fsp3) is 0.300. The number of anilines is 1. The third-order valence-electron chi connectivity index (χ3n) is 7.62. The molecule has 0 bridgehead atoms. The van der Waals surface area contributed by atoms with Gasteiger partial charge in [-0.2, -0.15) is 0 Å². The van der Waals surface area contributed by atoms with Gasteiger partial charge in [-0.15, -0.1) is 0 Å². The number of fused-ring (bicyclic) bond motifs is 2. The molecule has 1 aliphatic heterocycles. The highest BCUT2D eigenvalue weighted by atomic mass is 35.5. The largest absolute Gasteiger partial charge is 0.443 e. The molecule has 0 radical (unpaired) electrons. The van der Waals surface area contributed by atoms with Gasteiger partial charge < -0.3 is 10.5 Å². The van der Waals surface area contributed by atoms with Gasteiger partial charge in [0.15, 0.2) is 11.6 Å². The zero-order chi connectivity index (χ0) is 25.2. The molecular weight excluding hydrogens is 472 g/mol. The van der Waals surface area contributed by atoms with Crippen molar-refractivity contribution < 1.29 is 14.3 Å². The zero-order valence-corrected chi connectivity index (χ0v) is 21.1. The lowest BCUT2D eigenvalue weighted by atomic mass is 9.69. The van der Waals surface area contributed by atoms with Crippen molar-refractivity contribution in [3.63, 3.8) is 0 Å². The van der Waals surface area contributed by atoms with Gasteiger partial charge in [-0.05, 0) is 41.0 Å². The molecule has 2 atom stereocenters. The Hall–Kier alpha value is -3.44. The third kappa shape index (κ3) is 3.73. The summed E-state index contributed by atoms with van der Waals surface area (Å²) in [6, 6.07) is 17.5. The Balaban J connectivity index is 1.53. The summed E-state index contributed by atoms with van der Waals surface area (Å²) < 4.78 is 6.37. The van der Waals surface area contributed by atoms with Crippen molar-refractivity contribution in [1.29, 1.82) is 0 Å². The van der Waals surface area contributed by atoms with Crippen LogP contribution >= 0.6 is 11.6 Å². The molecule has 2 N–H and O–H groups in total. The van der Waals surface area contributed by atoms with Crippen LogP contribution in [0.15, 0.2) is 65.9 Å². The van der Waals surface area contributed by atoms with Crippen molar-refractivity contribution in [3.05, 3.63) is 98.9 Å².